The van der Waals surface area contributed by atoms with Crippen molar-refractivity contribution >= 4 is 0 Å². The summed E-state index contributed by atoms with van der Waals surface area (Å²) in [7, 11) is 0. The molecule has 0 aromatic carbocycles. The molecule has 1 atom stereocenters. The Hall–Kier alpha value is -0.200. The fraction of sp³-hybridized carbons (Fsp3) is 1.00. The molecule has 5 nitrogen and oxygen atoms in total. The normalized spacial score (nSPS) is 13.3. The van der Waals surface area contributed by atoms with Gasteiger partial charge in [-0.2, -0.15) is 0 Å². The lowest BCUT2D eigenvalue weighted by Crippen LogP contribution is -2.24. The monoisotopic (exact) mass is 236 g/mol. The first-order valence-corrected chi connectivity index (χ1v) is 5.73. The zero-order chi connectivity index (χ0) is 12.2. The van der Waals surface area contributed by atoms with Crippen LogP contribution in [0.2, 0.25) is 0 Å². The number of ether oxygens (including phenoxy) is 3. The highest BCUT2D eigenvalue weighted by molar-refractivity contribution is 4.57. The van der Waals surface area contributed by atoms with E-state index in [0.717, 1.165) is 6.42 Å². The number of hydrogen-bond acceptors (Lipinski definition) is 5. The van der Waals surface area contributed by atoms with Gasteiger partial charge < -0.3 is 24.4 Å². The molecular weight excluding hydrogens is 212 g/mol. The summed E-state index contributed by atoms with van der Waals surface area (Å²) < 4.78 is 16.0. The summed E-state index contributed by atoms with van der Waals surface area (Å²) in [5.41, 5.74) is 0. The van der Waals surface area contributed by atoms with Crippen LogP contribution in [0.3, 0.4) is 0 Å². The maximum Gasteiger partial charge on any atom is 0.0831 e. The topological polar surface area (TPSA) is 68.2 Å². The van der Waals surface area contributed by atoms with E-state index in [0.29, 0.717) is 26.4 Å². The van der Waals surface area contributed by atoms with Crippen molar-refractivity contribution in [3.8, 4) is 0 Å². The van der Waals surface area contributed by atoms with Crippen molar-refractivity contribution in [3.63, 3.8) is 0 Å². The van der Waals surface area contributed by atoms with Crippen molar-refractivity contribution in [1.82, 2.24) is 0 Å². The predicted molar refractivity (Wildman–Crippen MR) is 60.4 cm³/mol. The Bertz CT molecular complexity index is 140. The van der Waals surface area contributed by atoms with Gasteiger partial charge in [-0.3, -0.25) is 0 Å². The highest BCUT2D eigenvalue weighted by Crippen LogP contribution is 2.02. The van der Waals surface area contributed by atoms with Crippen LogP contribution in [-0.2, 0) is 14.2 Å². The van der Waals surface area contributed by atoms with Crippen LogP contribution in [-0.4, -0.2) is 62.1 Å². The zero-order valence-electron chi connectivity index (χ0n) is 10.2. The summed E-state index contributed by atoms with van der Waals surface area (Å²) in [5.74, 6) is 0. The first kappa shape index (κ1) is 15.8. The van der Waals surface area contributed by atoms with E-state index in [1.54, 1.807) is 0 Å². The molecule has 0 aliphatic carbocycles. The lowest BCUT2D eigenvalue weighted by Gasteiger charge is -2.18. The fourth-order valence-corrected chi connectivity index (χ4v) is 1.15. The van der Waals surface area contributed by atoms with E-state index < -0.39 is 0 Å². The molecule has 2 N–H and O–H groups in total. The van der Waals surface area contributed by atoms with E-state index in [1.807, 2.05) is 13.8 Å². The van der Waals surface area contributed by atoms with Crippen LogP contribution in [0.15, 0.2) is 0 Å². The SMILES string of the molecule is CC(C)OCCC(COCCO)OCCO. The van der Waals surface area contributed by atoms with Gasteiger partial charge in [0.1, 0.15) is 0 Å². The van der Waals surface area contributed by atoms with Crippen LogP contribution >= 0.6 is 0 Å². The Morgan fingerprint density at radius 1 is 0.938 bits per heavy atom. The third kappa shape index (κ3) is 10.3. The van der Waals surface area contributed by atoms with Crippen molar-refractivity contribution in [2.75, 3.05) is 39.6 Å². The van der Waals surface area contributed by atoms with Crippen molar-refractivity contribution < 1.29 is 24.4 Å². The summed E-state index contributed by atoms with van der Waals surface area (Å²) in [4.78, 5) is 0. The largest absolute Gasteiger partial charge is 0.394 e. The molecule has 0 saturated heterocycles. The molecular formula is C11H24O5. The molecule has 0 fully saturated rings. The smallest absolute Gasteiger partial charge is 0.0831 e. The summed E-state index contributed by atoms with van der Waals surface area (Å²) in [6.07, 6.45) is 0.846. The Balaban J connectivity index is 3.62. The van der Waals surface area contributed by atoms with E-state index >= 15 is 0 Å². The van der Waals surface area contributed by atoms with E-state index in [4.69, 9.17) is 24.4 Å². The standard InChI is InChI=1S/C11H24O5/c1-10(2)15-6-3-11(16-8-5-13)9-14-7-4-12/h10-13H,3-9H2,1-2H3. The Morgan fingerprint density at radius 3 is 2.19 bits per heavy atom. The van der Waals surface area contributed by atoms with Crippen molar-refractivity contribution in [3.05, 3.63) is 0 Å². The number of hydrogen-bond donors (Lipinski definition) is 2. The number of rotatable bonds is 11. The molecule has 0 amide bonds. The Labute approximate surface area is 97.3 Å². The van der Waals surface area contributed by atoms with Gasteiger partial charge in [0.2, 0.25) is 0 Å². The molecule has 0 radical (unpaired) electrons. The minimum Gasteiger partial charge on any atom is -0.394 e. The third-order valence-corrected chi connectivity index (χ3v) is 1.88. The van der Waals surface area contributed by atoms with Gasteiger partial charge in [-0.25, -0.2) is 0 Å². The van der Waals surface area contributed by atoms with Crippen LogP contribution < -0.4 is 0 Å². The highest BCUT2D eigenvalue weighted by atomic mass is 16.5. The summed E-state index contributed by atoms with van der Waals surface area (Å²) in [5, 5.41) is 17.2. The van der Waals surface area contributed by atoms with E-state index in [-0.39, 0.29) is 25.4 Å². The van der Waals surface area contributed by atoms with E-state index in [2.05, 4.69) is 0 Å². The minimum absolute atomic E-state index is 0.00153. The summed E-state index contributed by atoms with van der Waals surface area (Å²) >= 11 is 0. The van der Waals surface area contributed by atoms with E-state index in [9.17, 15) is 0 Å². The second-order valence-corrected chi connectivity index (χ2v) is 3.72. The van der Waals surface area contributed by atoms with Crippen molar-refractivity contribution in [2.24, 2.45) is 0 Å². The first-order chi connectivity index (χ1) is 7.70. The van der Waals surface area contributed by atoms with Gasteiger partial charge in [0.15, 0.2) is 0 Å². The van der Waals surface area contributed by atoms with Gasteiger partial charge >= 0.3 is 0 Å². The molecule has 0 rings (SSSR count). The number of aliphatic hydroxyl groups excluding tert-OH is 2. The predicted octanol–water partition coefficient (Wildman–Crippen LogP) is 0.188. The molecule has 0 bridgehead atoms. The molecule has 0 aromatic heterocycles. The van der Waals surface area contributed by atoms with Crippen LogP contribution in [0.1, 0.15) is 20.3 Å². The fourth-order valence-electron chi connectivity index (χ4n) is 1.15. The summed E-state index contributed by atoms with van der Waals surface area (Å²) in [6, 6.07) is 0. The van der Waals surface area contributed by atoms with Gasteiger partial charge in [0, 0.05) is 6.61 Å². The van der Waals surface area contributed by atoms with Gasteiger partial charge in [0.05, 0.1) is 45.2 Å². The molecule has 0 spiro atoms. The lowest BCUT2D eigenvalue weighted by atomic mass is 10.3. The average molecular weight is 236 g/mol. The van der Waals surface area contributed by atoms with Crippen LogP contribution in [0.25, 0.3) is 0 Å². The molecule has 0 heterocycles. The van der Waals surface area contributed by atoms with Crippen molar-refractivity contribution in [2.45, 2.75) is 32.5 Å². The number of aliphatic hydroxyl groups is 2. The molecule has 16 heavy (non-hydrogen) atoms. The molecule has 0 aliphatic heterocycles. The van der Waals surface area contributed by atoms with Gasteiger partial charge in [-0.05, 0) is 20.3 Å². The van der Waals surface area contributed by atoms with E-state index in [1.165, 1.54) is 0 Å². The van der Waals surface area contributed by atoms with Crippen LogP contribution in [0.4, 0.5) is 0 Å². The van der Waals surface area contributed by atoms with Gasteiger partial charge in [-0.1, -0.05) is 0 Å². The third-order valence-electron chi connectivity index (χ3n) is 1.88. The second kappa shape index (κ2) is 11.3. The molecule has 98 valence electrons. The molecule has 0 aliphatic rings. The summed E-state index contributed by atoms with van der Waals surface area (Å²) in [6.45, 7) is 5.60. The first-order valence-electron chi connectivity index (χ1n) is 5.73. The highest BCUT2D eigenvalue weighted by Gasteiger charge is 2.09. The molecule has 0 aromatic rings. The Morgan fingerprint density at radius 2 is 1.62 bits per heavy atom. The lowest BCUT2D eigenvalue weighted by molar-refractivity contribution is -0.0510. The van der Waals surface area contributed by atoms with Gasteiger partial charge in [0.25, 0.3) is 0 Å². The van der Waals surface area contributed by atoms with Crippen molar-refractivity contribution in [1.29, 1.82) is 0 Å². The van der Waals surface area contributed by atoms with Gasteiger partial charge in [-0.15, -0.1) is 0 Å². The van der Waals surface area contributed by atoms with Crippen LogP contribution in [0.5, 0.6) is 0 Å². The Kier molecular flexibility index (Phi) is 11.1. The quantitative estimate of drug-likeness (QED) is 0.501. The second-order valence-electron chi connectivity index (χ2n) is 3.72. The maximum atomic E-state index is 8.66. The maximum absolute atomic E-state index is 8.66. The molecule has 0 saturated carbocycles. The van der Waals surface area contributed by atoms with Crippen LogP contribution in [0, 0.1) is 0 Å². The molecule has 5 heteroatoms. The molecule has 1 unspecified atom stereocenters. The minimum atomic E-state index is -0.0857. The zero-order valence-corrected chi connectivity index (χ0v) is 10.2. The average Bonchev–Trinajstić information content (AvgIpc) is 2.25.